The number of methoxy groups -OCH3 is 1. The van der Waals surface area contributed by atoms with Gasteiger partial charge in [0, 0.05) is 5.56 Å². The fourth-order valence-corrected chi connectivity index (χ4v) is 2.80. The third-order valence-corrected chi connectivity index (χ3v) is 4.13. The Morgan fingerprint density at radius 3 is 2.79 bits per heavy atom. The number of aromatic nitrogens is 2. The summed E-state index contributed by atoms with van der Waals surface area (Å²) < 4.78 is 5.33. The van der Waals surface area contributed by atoms with Gasteiger partial charge in [0.2, 0.25) is 5.95 Å². The smallest absolute Gasteiger partial charge is 0.270 e. The largest absolute Gasteiger partial charge is 0.496 e. The van der Waals surface area contributed by atoms with Gasteiger partial charge in [-0.3, -0.25) is 9.78 Å². The summed E-state index contributed by atoms with van der Waals surface area (Å²) in [5.74, 6) is 0.921. The van der Waals surface area contributed by atoms with Gasteiger partial charge in [0.15, 0.2) is 0 Å². The molecule has 0 atom stereocenters. The number of allylic oxidation sites excluding steroid dienone is 1. The molecule has 0 saturated carbocycles. The van der Waals surface area contributed by atoms with Gasteiger partial charge in [-0.05, 0) is 35.7 Å². The van der Waals surface area contributed by atoms with Gasteiger partial charge < -0.3 is 4.74 Å². The summed E-state index contributed by atoms with van der Waals surface area (Å²) in [6.07, 6.45) is 4.07. The Kier molecular flexibility index (Phi) is 6.18. The molecular weight excluding hydrogens is 366 g/mol. The second-order valence-corrected chi connectivity index (χ2v) is 6.05. The van der Waals surface area contributed by atoms with Crippen LogP contribution in [0.15, 0.2) is 71.1 Å². The second-order valence-electron chi connectivity index (χ2n) is 6.05. The first-order valence-corrected chi connectivity index (χ1v) is 8.83. The van der Waals surface area contributed by atoms with Crippen LogP contribution in [0, 0.1) is 11.3 Å². The Balaban J connectivity index is 1.87. The number of anilines is 1. The van der Waals surface area contributed by atoms with Crippen molar-refractivity contribution >= 4 is 12.2 Å². The fraction of sp³-hybridized carbons (Fsp3) is 0.0909. The van der Waals surface area contributed by atoms with Crippen LogP contribution in [0.5, 0.6) is 5.75 Å². The number of ether oxygens (including phenoxy) is 1. The van der Waals surface area contributed by atoms with Crippen LogP contribution in [0.4, 0.5) is 5.95 Å². The minimum absolute atomic E-state index is 0.0463. The molecule has 29 heavy (non-hydrogen) atoms. The van der Waals surface area contributed by atoms with E-state index in [0.717, 1.165) is 16.9 Å². The van der Waals surface area contributed by atoms with Gasteiger partial charge in [-0.15, -0.1) is 6.58 Å². The summed E-state index contributed by atoms with van der Waals surface area (Å²) in [4.78, 5) is 19.1. The van der Waals surface area contributed by atoms with Crippen molar-refractivity contribution in [2.75, 3.05) is 12.5 Å². The molecule has 0 aliphatic carbocycles. The van der Waals surface area contributed by atoms with Crippen molar-refractivity contribution in [2.45, 2.75) is 6.42 Å². The molecular formula is C22H19N5O2. The number of hydrogen-bond donors (Lipinski definition) is 2. The molecule has 0 radical (unpaired) electrons. The lowest BCUT2D eigenvalue weighted by atomic mass is 10.1. The average Bonchev–Trinajstić information content (AvgIpc) is 2.74. The summed E-state index contributed by atoms with van der Waals surface area (Å²) in [7, 11) is 1.62. The molecule has 0 spiro atoms. The van der Waals surface area contributed by atoms with Crippen LogP contribution >= 0.6 is 0 Å². The number of hydrogen-bond acceptors (Lipinski definition) is 6. The van der Waals surface area contributed by atoms with Gasteiger partial charge in [-0.2, -0.15) is 10.4 Å². The van der Waals surface area contributed by atoms with Crippen LogP contribution in [0.25, 0.3) is 11.3 Å². The first-order valence-electron chi connectivity index (χ1n) is 8.83. The second kappa shape index (κ2) is 9.15. The van der Waals surface area contributed by atoms with Crippen molar-refractivity contribution in [3.63, 3.8) is 0 Å². The van der Waals surface area contributed by atoms with E-state index in [1.807, 2.05) is 42.5 Å². The van der Waals surface area contributed by atoms with Crippen molar-refractivity contribution in [3.05, 3.63) is 88.2 Å². The first-order chi connectivity index (χ1) is 14.2. The Labute approximate surface area is 168 Å². The zero-order valence-corrected chi connectivity index (χ0v) is 15.8. The summed E-state index contributed by atoms with van der Waals surface area (Å²) in [6, 6.07) is 16.6. The minimum atomic E-state index is -0.531. The number of nitrogens with one attached hydrogen (secondary N) is 2. The van der Waals surface area contributed by atoms with Crippen molar-refractivity contribution in [2.24, 2.45) is 5.10 Å². The van der Waals surface area contributed by atoms with E-state index < -0.39 is 5.56 Å². The van der Waals surface area contributed by atoms with E-state index >= 15 is 0 Å². The Hall–Kier alpha value is -4.18. The van der Waals surface area contributed by atoms with Crippen molar-refractivity contribution in [1.29, 1.82) is 5.26 Å². The minimum Gasteiger partial charge on any atom is -0.496 e. The molecule has 1 aromatic heterocycles. The van der Waals surface area contributed by atoms with E-state index in [4.69, 9.17) is 4.74 Å². The zero-order chi connectivity index (χ0) is 20.6. The Morgan fingerprint density at radius 1 is 1.31 bits per heavy atom. The van der Waals surface area contributed by atoms with E-state index in [1.165, 1.54) is 0 Å². The molecule has 2 aromatic carbocycles. The van der Waals surface area contributed by atoms with Gasteiger partial charge in [0.05, 0.1) is 19.0 Å². The molecule has 0 amide bonds. The van der Waals surface area contributed by atoms with E-state index in [-0.39, 0.29) is 11.5 Å². The monoisotopic (exact) mass is 385 g/mol. The van der Waals surface area contributed by atoms with Gasteiger partial charge in [-0.1, -0.05) is 36.4 Å². The Bertz CT molecular complexity index is 1140. The fourth-order valence-electron chi connectivity index (χ4n) is 2.80. The number of hydrazone groups is 1. The highest BCUT2D eigenvalue weighted by molar-refractivity contribution is 5.81. The van der Waals surface area contributed by atoms with E-state index in [9.17, 15) is 10.1 Å². The molecule has 7 nitrogen and oxygen atoms in total. The van der Waals surface area contributed by atoms with Gasteiger partial charge >= 0.3 is 0 Å². The molecule has 7 heteroatoms. The maximum absolute atomic E-state index is 12.3. The van der Waals surface area contributed by atoms with Gasteiger partial charge in [0.1, 0.15) is 17.4 Å². The molecule has 1 heterocycles. The molecule has 0 bridgehead atoms. The topological polar surface area (TPSA) is 103 Å². The highest BCUT2D eigenvalue weighted by atomic mass is 16.5. The highest BCUT2D eigenvalue weighted by Crippen LogP contribution is 2.21. The highest BCUT2D eigenvalue weighted by Gasteiger charge is 2.12. The average molecular weight is 385 g/mol. The number of rotatable bonds is 7. The normalized spacial score (nSPS) is 10.5. The van der Waals surface area contributed by atoms with Crippen LogP contribution in [0.2, 0.25) is 0 Å². The van der Waals surface area contributed by atoms with Crippen molar-refractivity contribution in [3.8, 4) is 23.1 Å². The number of benzene rings is 2. The van der Waals surface area contributed by atoms with Crippen LogP contribution in [-0.2, 0) is 6.42 Å². The SMILES string of the molecule is C=CCc1cc(C=NNc2nc(-c3ccccc3)c(C#N)c(=O)[nH]2)ccc1OC. The third kappa shape index (κ3) is 4.57. The van der Waals surface area contributed by atoms with Gasteiger partial charge in [-0.25, -0.2) is 10.4 Å². The summed E-state index contributed by atoms with van der Waals surface area (Å²) >= 11 is 0. The third-order valence-electron chi connectivity index (χ3n) is 4.13. The van der Waals surface area contributed by atoms with Crippen LogP contribution < -0.4 is 15.7 Å². The molecule has 0 fully saturated rings. The summed E-state index contributed by atoms with van der Waals surface area (Å²) in [5.41, 5.74) is 4.94. The number of aromatic amines is 1. The molecule has 0 saturated heterocycles. The molecule has 2 N–H and O–H groups in total. The van der Waals surface area contributed by atoms with Crippen LogP contribution in [0.3, 0.4) is 0 Å². The first kappa shape index (κ1) is 19.6. The lowest BCUT2D eigenvalue weighted by Gasteiger charge is -2.08. The number of H-pyrrole nitrogens is 1. The molecule has 0 aliphatic heterocycles. The van der Waals surface area contributed by atoms with Crippen molar-refractivity contribution < 1.29 is 4.74 Å². The number of nitrogens with zero attached hydrogens (tertiary/aromatic N) is 3. The van der Waals surface area contributed by atoms with E-state index in [0.29, 0.717) is 17.7 Å². The summed E-state index contributed by atoms with van der Waals surface area (Å²) in [5, 5.41) is 13.5. The maximum atomic E-state index is 12.3. The standard InChI is InChI=1S/C22H19N5O2/c1-3-7-17-12-15(10-11-19(17)29-2)14-24-27-22-25-20(16-8-5-4-6-9-16)18(13-23)21(28)26-22/h3-6,8-12,14H,1,7H2,2H3,(H2,25,26,27,28). The lowest BCUT2D eigenvalue weighted by Crippen LogP contribution is -2.16. The predicted octanol–water partition coefficient (Wildman–Crippen LogP) is 3.49. The molecule has 0 unspecified atom stereocenters. The van der Waals surface area contributed by atoms with E-state index in [2.05, 4.69) is 27.1 Å². The zero-order valence-electron chi connectivity index (χ0n) is 15.8. The van der Waals surface area contributed by atoms with Crippen LogP contribution in [0.1, 0.15) is 16.7 Å². The van der Waals surface area contributed by atoms with Crippen molar-refractivity contribution in [1.82, 2.24) is 9.97 Å². The van der Waals surface area contributed by atoms with Crippen LogP contribution in [-0.4, -0.2) is 23.3 Å². The molecule has 3 rings (SSSR count). The quantitative estimate of drug-likeness (QED) is 0.368. The lowest BCUT2D eigenvalue weighted by molar-refractivity contribution is 0.410. The molecule has 144 valence electrons. The Morgan fingerprint density at radius 2 is 2.10 bits per heavy atom. The maximum Gasteiger partial charge on any atom is 0.270 e. The van der Waals surface area contributed by atoms with E-state index in [1.54, 1.807) is 31.5 Å². The molecule has 0 aliphatic rings. The van der Waals surface area contributed by atoms with Gasteiger partial charge in [0.25, 0.3) is 5.56 Å². The number of nitriles is 1. The predicted molar refractivity (Wildman–Crippen MR) is 113 cm³/mol. The molecule has 3 aromatic rings. The summed E-state index contributed by atoms with van der Waals surface area (Å²) in [6.45, 7) is 3.75.